The second-order valence-electron chi connectivity index (χ2n) is 6.95. The Hall–Kier alpha value is -1.10. The SMILES string of the molecule is CCC[C@]1(CO)CCN(CCOc2ccc(C)cc2C)C[C@H]1O. The van der Waals surface area contributed by atoms with Crippen molar-refractivity contribution in [3.05, 3.63) is 29.3 Å². The van der Waals surface area contributed by atoms with Gasteiger partial charge in [0, 0.05) is 18.5 Å². The second kappa shape index (κ2) is 8.13. The Labute approximate surface area is 140 Å². The normalized spacial score (nSPS) is 25.5. The van der Waals surface area contributed by atoms with Crippen LogP contribution in [-0.4, -0.2) is 54.1 Å². The molecule has 1 saturated heterocycles. The number of hydrogen-bond acceptors (Lipinski definition) is 4. The van der Waals surface area contributed by atoms with Crippen LogP contribution in [0.4, 0.5) is 0 Å². The fourth-order valence-corrected chi connectivity index (χ4v) is 3.58. The lowest BCUT2D eigenvalue weighted by molar-refractivity contribution is -0.0798. The van der Waals surface area contributed by atoms with Gasteiger partial charge in [-0.2, -0.15) is 0 Å². The van der Waals surface area contributed by atoms with Crippen molar-refractivity contribution in [3.63, 3.8) is 0 Å². The van der Waals surface area contributed by atoms with Crippen LogP contribution in [-0.2, 0) is 0 Å². The summed E-state index contributed by atoms with van der Waals surface area (Å²) in [5, 5.41) is 20.2. The molecule has 0 saturated carbocycles. The third-order valence-electron chi connectivity index (χ3n) is 5.12. The van der Waals surface area contributed by atoms with Crippen LogP contribution in [0.5, 0.6) is 5.75 Å². The van der Waals surface area contributed by atoms with Crippen molar-refractivity contribution in [2.24, 2.45) is 5.41 Å². The molecule has 4 nitrogen and oxygen atoms in total. The van der Waals surface area contributed by atoms with Gasteiger partial charge < -0.3 is 14.9 Å². The first-order valence-electron chi connectivity index (χ1n) is 8.72. The number of piperidine rings is 1. The van der Waals surface area contributed by atoms with Crippen LogP contribution in [0, 0.1) is 19.3 Å². The molecule has 1 heterocycles. The van der Waals surface area contributed by atoms with E-state index in [0.717, 1.165) is 43.7 Å². The molecule has 0 aromatic heterocycles. The van der Waals surface area contributed by atoms with Crippen molar-refractivity contribution in [2.75, 3.05) is 32.8 Å². The van der Waals surface area contributed by atoms with E-state index in [-0.39, 0.29) is 12.0 Å². The third-order valence-corrected chi connectivity index (χ3v) is 5.12. The molecule has 1 aliphatic heterocycles. The maximum absolute atomic E-state index is 10.5. The van der Waals surface area contributed by atoms with Crippen molar-refractivity contribution < 1.29 is 14.9 Å². The van der Waals surface area contributed by atoms with Gasteiger partial charge in [0.2, 0.25) is 0 Å². The zero-order valence-electron chi connectivity index (χ0n) is 14.7. The number of nitrogens with zero attached hydrogens (tertiary/aromatic N) is 1. The second-order valence-corrected chi connectivity index (χ2v) is 6.95. The van der Waals surface area contributed by atoms with Crippen LogP contribution in [0.1, 0.15) is 37.3 Å². The molecule has 2 N–H and O–H groups in total. The van der Waals surface area contributed by atoms with Gasteiger partial charge in [0.15, 0.2) is 0 Å². The Morgan fingerprint density at radius 1 is 1.35 bits per heavy atom. The Balaban J connectivity index is 1.82. The number of aliphatic hydroxyl groups is 2. The summed E-state index contributed by atoms with van der Waals surface area (Å²) in [5.41, 5.74) is 2.09. The standard InChI is InChI=1S/C19H31NO3/c1-4-7-19(14-21)8-9-20(13-18(19)22)10-11-23-17-6-5-15(2)12-16(17)3/h5-6,12,18,21-22H,4,7-11,13-14H2,1-3H3/t18-,19-/m1/s1. The molecule has 1 aromatic rings. The fourth-order valence-electron chi connectivity index (χ4n) is 3.58. The van der Waals surface area contributed by atoms with Crippen LogP contribution < -0.4 is 4.74 Å². The number of likely N-dealkylation sites (tertiary alicyclic amines) is 1. The maximum Gasteiger partial charge on any atom is 0.122 e. The average Bonchev–Trinajstić information content (AvgIpc) is 2.52. The molecule has 1 aliphatic rings. The minimum Gasteiger partial charge on any atom is -0.492 e. The van der Waals surface area contributed by atoms with Crippen LogP contribution in [0.2, 0.25) is 0 Å². The smallest absolute Gasteiger partial charge is 0.122 e. The number of ether oxygens (including phenoxy) is 1. The van der Waals surface area contributed by atoms with E-state index in [1.54, 1.807) is 0 Å². The van der Waals surface area contributed by atoms with Gasteiger partial charge in [-0.25, -0.2) is 0 Å². The lowest BCUT2D eigenvalue weighted by atomic mass is 9.73. The lowest BCUT2D eigenvalue weighted by Gasteiger charge is -2.44. The van der Waals surface area contributed by atoms with E-state index in [0.29, 0.717) is 13.2 Å². The van der Waals surface area contributed by atoms with E-state index in [4.69, 9.17) is 4.74 Å². The van der Waals surface area contributed by atoms with Gasteiger partial charge in [-0.05, 0) is 44.9 Å². The van der Waals surface area contributed by atoms with Crippen molar-refractivity contribution >= 4 is 0 Å². The van der Waals surface area contributed by atoms with Crippen LogP contribution >= 0.6 is 0 Å². The van der Waals surface area contributed by atoms with E-state index in [1.165, 1.54) is 5.56 Å². The quantitative estimate of drug-likeness (QED) is 0.810. The molecule has 0 spiro atoms. The number of β-amino-alcohol motifs (C(OH)–C–C–N with tert-alkyl or cyclic N) is 1. The average molecular weight is 321 g/mol. The summed E-state index contributed by atoms with van der Waals surface area (Å²) in [7, 11) is 0. The van der Waals surface area contributed by atoms with E-state index in [1.807, 2.05) is 6.07 Å². The summed E-state index contributed by atoms with van der Waals surface area (Å²) < 4.78 is 5.88. The van der Waals surface area contributed by atoms with E-state index in [9.17, 15) is 10.2 Å². The van der Waals surface area contributed by atoms with Crippen molar-refractivity contribution in [2.45, 2.75) is 46.1 Å². The molecular formula is C19H31NO3. The van der Waals surface area contributed by atoms with E-state index < -0.39 is 6.10 Å². The monoisotopic (exact) mass is 321 g/mol. The van der Waals surface area contributed by atoms with Crippen LogP contribution in [0.25, 0.3) is 0 Å². The molecule has 4 heteroatoms. The van der Waals surface area contributed by atoms with E-state index >= 15 is 0 Å². The highest BCUT2D eigenvalue weighted by Crippen LogP contribution is 2.35. The summed E-state index contributed by atoms with van der Waals surface area (Å²) in [4.78, 5) is 2.23. The van der Waals surface area contributed by atoms with Crippen LogP contribution in [0.15, 0.2) is 18.2 Å². The lowest BCUT2D eigenvalue weighted by Crippen LogP contribution is -2.53. The van der Waals surface area contributed by atoms with Gasteiger partial charge in [-0.1, -0.05) is 31.0 Å². The van der Waals surface area contributed by atoms with Gasteiger partial charge in [-0.3, -0.25) is 4.90 Å². The van der Waals surface area contributed by atoms with Gasteiger partial charge in [0.1, 0.15) is 12.4 Å². The first-order valence-corrected chi connectivity index (χ1v) is 8.72. The first-order chi connectivity index (χ1) is 11.0. The number of rotatable bonds is 7. The van der Waals surface area contributed by atoms with Crippen molar-refractivity contribution in [1.29, 1.82) is 0 Å². The molecule has 2 atom stereocenters. The molecule has 2 rings (SSSR count). The minimum atomic E-state index is -0.456. The number of aryl methyl sites for hydroxylation is 2. The Morgan fingerprint density at radius 3 is 2.74 bits per heavy atom. The summed E-state index contributed by atoms with van der Waals surface area (Å²) in [6, 6.07) is 6.21. The van der Waals surface area contributed by atoms with Crippen molar-refractivity contribution in [3.8, 4) is 5.75 Å². The highest BCUT2D eigenvalue weighted by Gasteiger charge is 2.40. The summed E-state index contributed by atoms with van der Waals surface area (Å²) in [6.07, 6.45) is 2.27. The Bertz CT molecular complexity index is 505. The third kappa shape index (κ3) is 4.46. The predicted molar refractivity (Wildman–Crippen MR) is 92.9 cm³/mol. The summed E-state index contributed by atoms with van der Waals surface area (Å²) in [6.45, 7) is 9.28. The summed E-state index contributed by atoms with van der Waals surface area (Å²) in [5.74, 6) is 0.934. The molecule has 23 heavy (non-hydrogen) atoms. The topological polar surface area (TPSA) is 52.9 Å². The Morgan fingerprint density at radius 2 is 2.13 bits per heavy atom. The molecule has 1 fully saturated rings. The zero-order chi connectivity index (χ0) is 16.9. The Kier molecular flexibility index (Phi) is 6.45. The maximum atomic E-state index is 10.5. The predicted octanol–water partition coefficient (Wildman–Crippen LogP) is 2.53. The van der Waals surface area contributed by atoms with Gasteiger partial charge in [0.05, 0.1) is 12.7 Å². The largest absolute Gasteiger partial charge is 0.492 e. The number of hydrogen-bond donors (Lipinski definition) is 2. The molecule has 0 bridgehead atoms. The number of benzene rings is 1. The van der Waals surface area contributed by atoms with Crippen LogP contribution in [0.3, 0.4) is 0 Å². The fraction of sp³-hybridized carbons (Fsp3) is 0.684. The minimum absolute atomic E-state index is 0.0783. The molecule has 0 aliphatic carbocycles. The molecular weight excluding hydrogens is 290 g/mol. The molecule has 0 amide bonds. The van der Waals surface area contributed by atoms with Gasteiger partial charge in [-0.15, -0.1) is 0 Å². The van der Waals surface area contributed by atoms with Gasteiger partial charge >= 0.3 is 0 Å². The van der Waals surface area contributed by atoms with Gasteiger partial charge in [0.25, 0.3) is 0 Å². The molecule has 1 aromatic carbocycles. The van der Waals surface area contributed by atoms with Crippen molar-refractivity contribution in [1.82, 2.24) is 4.90 Å². The molecule has 0 radical (unpaired) electrons. The first kappa shape index (κ1) is 18.2. The highest BCUT2D eigenvalue weighted by molar-refractivity contribution is 5.35. The summed E-state index contributed by atoms with van der Waals surface area (Å²) >= 11 is 0. The molecule has 130 valence electrons. The highest BCUT2D eigenvalue weighted by atomic mass is 16.5. The molecule has 0 unspecified atom stereocenters. The van der Waals surface area contributed by atoms with E-state index in [2.05, 4.69) is 37.8 Å². The number of aliphatic hydroxyl groups excluding tert-OH is 2. The zero-order valence-corrected chi connectivity index (χ0v) is 14.7.